The van der Waals surface area contributed by atoms with Crippen molar-refractivity contribution < 1.29 is 14.3 Å². The minimum atomic E-state index is -0.281. The van der Waals surface area contributed by atoms with E-state index >= 15 is 0 Å². The Labute approximate surface area is 162 Å². The Morgan fingerprint density at radius 3 is 2.78 bits per heavy atom. The second kappa shape index (κ2) is 7.03. The molecule has 0 bridgehead atoms. The average molecular weight is 367 g/mol. The van der Waals surface area contributed by atoms with E-state index in [0.29, 0.717) is 12.5 Å². The van der Waals surface area contributed by atoms with E-state index in [-0.39, 0.29) is 17.0 Å². The number of hydrogen-bond donors (Lipinski definition) is 0. The smallest absolute Gasteiger partial charge is 0.330 e. The molecule has 1 aromatic rings. The van der Waals surface area contributed by atoms with Crippen LogP contribution in [0.15, 0.2) is 48.1 Å². The summed E-state index contributed by atoms with van der Waals surface area (Å²) in [6.07, 6.45) is 9.06. The molecular weight excluding hydrogens is 336 g/mol. The van der Waals surface area contributed by atoms with Gasteiger partial charge in [-0.3, -0.25) is 0 Å². The van der Waals surface area contributed by atoms with Crippen LogP contribution in [-0.2, 0) is 14.9 Å². The highest BCUT2D eigenvalue weighted by molar-refractivity contribution is 5.83. The molecular formula is C24H30O3. The van der Waals surface area contributed by atoms with Crippen LogP contribution in [-0.4, -0.2) is 18.2 Å². The maximum absolute atomic E-state index is 11.5. The number of rotatable bonds is 5. The van der Waals surface area contributed by atoms with Gasteiger partial charge in [0.15, 0.2) is 0 Å². The lowest BCUT2D eigenvalue weighted by Gasteiger charge is -2.31. The number of carbonyl (C=O) groups excluding carboxylic acids is 1. The van der Waals surface area contributed by atoms with E-state index < -0.39 is 0 Å². The molecule has 0 N–H and O–H groups in total. The summed E-state index contributed by atoms with van der Waals surface area (Å²) in [6, 6.07) is 6.62. The summed E-state index contributed by atoms with van der Waals surface area (Å²) in [5.41, 5.74) is 4.53. The Balaban J connectivity index is 1.75. The van der Waals surface area contributed by atoms with Gasteiger partial charge in [0.1, 0.15) is 11.4 Å². The maximum Gasteiger partial charge on any atom is 0.330 e. The molecule has 3 heteroatoms. The van der Waals surface area contributed by atoms with Crippen LogP contribution >= 0.6 is 0 Å². The van der Waals surface area contributed by atoms with Crippen molar-refractivity contribution in [1.29, 1.82) is 0 Å². The van der Waals surface area contributed by atoms with Crippen molar-refractivity contribution in [3.8, 4) is 5.75 Å². The molecule has 0 saturated heterocycles. The predicted molar refractivity (Wildman–Crippen MR) is 110 cm³/mol. The molecule has 2 atom stereocenters. The number of esters is 1. The standard InChI is InChI=1S/C24H30O3/c1-7-26-22(25)12-16(2)8-9-19-15-24(19,6)18-10-11-20-17(3)14-23(4,5)27-21(20)13-18/h8-14,19H,7,15H2,1-6H3/b9-8+,16-12+. The van der Waals surface area contributed by atoms with E-state index in [1.54, 1.807) is 6.08 Å². The molecule has 1 aliphatic carbocycles. The SMILES string of the molecule is CCOC(=O)/C=C(C)/C=C/C1CC1(C)c1ccc2c(c1)OC(C)(C)C=C2C. The molecule has 3 nitrogen and oxygen atoms in total. The van der Waals surface area contributed by atoms with Gasteiger partial charge < -0.3 is 9.47 Å². The third-order valence-corrected chi connectivity index (χ3v) is 5.53. The molecule has 1 fully saturated rings. The molecule has 0 amide bonds. The van der Waals surface area contributed by atoms with Gasteiger partial charge in [0.2, 0.25) is 0 Å². The van der Waals surface area contributed by atoms with Crippen LogP contribution in [0.1, 0.15) is 59.1 Å². The zero-order valence-corrected chi connectivity index (χ0v) is 17.3. The van der Waals surface area contributed by atoms with Crippen LogP contribution < -0.4 is 4.74 Å². The largest absolute Gasteiger partial charge is 0.483 e. The number of ether oxygens (including phenoxy) is 2. The van der Waals surface area contributed by atoms with E-state index in [0.717, 1.165) is 17.7 Å². The fourth-order valence-corrected chi connectivity index (χ4v) is 3.90. The van der Waals surface area contributed by atoms with E-state index in [1.807, 2.05) is 19.9 Å². The summed E-state index contributed by atoms with van der Waals surface area (Å²) < 4.78 is 11.2. The summed E-state index contributed by atoms with van der Waals surface area (Å²) in [7, 11) is 0. The van der Waals surface area contributed by atoms with Crippen LogP contribution in [0.4, 0.5) is 0 Å². The molecule has 1 aliphatic heterocycles. The van der Waals surface area contributed by atoms with Crippen LogP contribution in [0.5, 0.6) is 5.75 Å². The van der Waals surface area contributed by atoms with E-state index in [2.05, 4.69) is 58.0 Å². The molecule has 0 spiro atoms. The number of allylic oxidation sites excluding steroid dienone is 4. The summed E-state index contributed by atoms with van der Waals surface area (Å²) in [5, 5.41) is 0. The number of hydrogen-bond acceptors (Lipinski definition) is 3. The lowest BCUT2D eigenvalue weighted by Crippen LogP contribution is -2.28. The Morgan fingerprint density at radius 1 is 1.33 bits per heavy atom. The normalized spacial score (nSPS) is 26.2. The Kier molecular flexibility index (Phi) is 5.07. The quantitative estimate of drug-likeness (QED) is 0.386. The van der Waals surface area contributed by atoms with E-state index in [4.69, 9.17) is 9.47 Å². The van der Waals surface area contributed by atoms with Gasteiger partial charge in [-0.25, -0.2) is 4.79 Å². The van der Waals surface area contributed by atoms with Crippen molar-refractivity contribution in [2.24, 2.45) is 5.92 Å². The van der Waals surface area contributed by atoms with Crippen LogP contribution in [0.25, 0.3) is 5.57 Å². The van der Waals surface area contributed by atoms with Crippen molar-refractivity contribution >= 4 is 11.5 Å². The number of carbonyl (C=O) groups is 1. The van der Waals surface area contributed by atoms with Gasteiger partial charge in [-0.1, -0.05) is 31.2 Å². The van der Waals surface area contributed by atoms with Gasteiger partial charge >= 0.3 is 5.97 Å². The minimum absolute atomic E-state index is 0.123. The van der Waals surface area contributed by atoms with E-state index in [9.17, 15) is 4.79 Å². The lowest BCUT2D eigenvalue weighted by molar-refractivity contribution is -0.137. The molecule has 2 aliphatic rings. The first-order chi connectivity index (χ1) is 12.6. The zero-order chi connectivity index (χ0) is 19.8. The highest BCUT2D eigenvalue weighted by Gasteiger charge is 2.49. The number of fused-ring (bicyclic) bond motifs is 1. The predicted octanol–water partition coefficient (Wildman–Crippen LogP) is 5.60. The maximum atomic E-state index is 11.5. The zero-order valence-electron chi connectivity index (χ0n) is 17.3. The fourth-order valence-electron chi connectivity index (χ4n) is 3.90. The molecule has 1 heterocycles. The molecule has 1 aromatic carbocycles. The molecule has 0 radical (unpaired) electrons. The summed E-state index contributed by atoms with van der Waals surface area (Å²) in [4.78, 5) is 11.5. The van der Waals surface area contributed by atoms with Crippen LogP contribution in [0.3, 0.4) is 0 Å². The second-order valence-corrected chi connectivity index (χ2v) is 8.47. The number of benzene rings is 1. The van der Waals surface area contributed by atoms with Gasteiger partial charge in [-0.15, -0.1) is 0 Å². The molecule has 2 unspecified atom stereocenters. The van der Waals surface area contributed by atoms with Crippen molar-refractivity contribution in [2.45, 2.75) is 59.0 Å². The summed E-state index contributed by atoms with van der Waals surface area (Å²) >= 11 is 0. The van der Waals surface area contributed by atoms with Crippen molar-refractivity contribution in [2.75, 3.05) is 6.61 Å². The van der Waals surface area contributed by atoms with Gasteiger partial charge in [-0.05, 0) is 81.2 Å². The molecule has 1 saturated carbocycles. The summed E-state index contributed by atoms with van der Waals surface area (Å²) in [5.74, 6) is 1.16. The minimum Gasteiger partial charge on any atom is -0.483 e. The molecule has 144 valence electrons. The third kappa shape index (κ3) is 4.18. The Morgan fingerprint density at radius 2 is 2.07 bits per heavy atom. The van der Waals surface area contributed by atoms with E-state index in [1.165, 1.54) is 16.7 Å². The van der Waals surface area contributed by atoms with Crippen molar-refractivity contribution in [3.05, 3.63) is 59.2 Å². The lowest BCUT2D eigenvalue weighted by atomic mass is 9.90. The molecule has 0 aromatic heterocycles. The second-order valence-electron chi connectivity index (χ2n) is 8.47. The topological polar surface area (TPSA) is 35.5 Å². The monoisotopic (exact) mass is 366 g/mol. The average Bonchev–Trinajstić information content (AvgIpc) is 3.23. The fraction of sp³-hybridized carbons (Fsp3) is 0.458. The Hall–Kier alpha value is -2.29. The first-order valence-corrected chi connectivity index (χ1v) is 9.71. The van der Waals surface area contributed by atoms with Crippen molar-refractivity contribution in [1.82, 2.24) is 0 Å². The first kappa shape index (κ1) is 19.5. The highest BCUT2D eigenvalue weighted by atomic mass is 16.5. The van der Waals surface area contributed by atoms with Crippen LogP contribution in [0.2, 0.25) is 0 Å². The van der Waals surface area contributed by atoms with Gasteiger partial charge in [0.05, 0.1) is 6.61 Å². The molecule has 27 heavy (non-hydrogen) atoms. The Bertz CT molecular complexity index is 841. The first-order valence-electron chi connectivity index (χ1n) is 9.71. The van der Waals surface area contributed by atoms with Crippen LogP contribution in [0, 0.1) is 5.92 Å². The van der Waals surface area contributed by atoms with Crippen molar-refractivity contribution in [3.63, 3.8) is 0 Å². The summed E-state index contributed by atoms with van der Waals surface area (Å²) in [6.45, 7) is 12.8. The van der Waals surface area contributed by atoms with Gasteiger partial charge in [0, 0.05) is 11.6 Å². The highest BCUT2D eigenvalue weighted by Crippen LogP contribution is 2.56. The van der Waals surface area contributed by atoms with Gasteiger partial charge in [0.25, 0.3) is 0 Å². The van der Waals surface area contributed by atoms with Gasteiger partial charge in [-0.2, -0.15) is 0 Å². The molecule has 3 rings (SSSR count). The third-order valence-electron chi connectivity index (χ3n) is 5.53.